The Balaban J connectivity index is 1.52. The van der Waals surface area contributed by atoms with Gasteiger partial charge in [0.1, 0.15) is 5.75 Å². The van der Waals surface area contributed by atoms with Gasteiger partial charge in [-0.3, -0.25) is 14.3 Å². The van der Waals surface area contributed by atoms with Crippen molar-refractivity contribution in [3.05, 3.63) is 83.6 Å². The average Bonchev–Trinajstić information content (AvgIpc) is 3.26. The number of thioether (sulfide) groups is 1. The quantitative estimate of drug-likeness (QED) is 0.233. The first-order chi connectivity index (χ1) is 16.0. The number of rotatable bonds is 7. The van der Waals surface area contributed by atoms with Crippen molar-refractivity contribution in [1.82, 2.24) is 25.2 Å². The van der Waals surface area contributed by atoms with E-state index < -0.39 is 0 Å². The van der Waals surface area contributed by atoms with Crippen molar-refractivity contribution in [2.45, 2.75) is 12.1 Å². The molecule has 33 heavy (non-hydrogen) atoms. The molecule has 0 bridgehead atoms. The molecule has 166 valence electrons. The molecule has 2 heterocycles. The van der Waals surface area contributed by atoms with E-state index >= 15 is 0 Å². The number of aromatic nitrogens is 4. The Labute approximate surface area is 199 Å². The van der Waals surface area contributed by atoms with E-state index in [1.54, 1.807) is 55.7 Å². The molecule has 4 rings (SSSR count). The van der Waals surface area contributed by atoms with Gasteiger partial charge < -0.3 is 5.11 Å². The molecule has 10 heteroatoms. The summed E-state index contributed by atoms with van der Waals surface area (Å²) in [6.07, 6.45) is 3.37. The number of phenols is 1. The zero-order valence-electron chi connectivity index (χ0n) is 17.5. The largest absolute Gasteiger partial charge is 0.508 e. The standard InChI is InChI=1S/C23H19ClN6O2S/c1-15(17-3-2-4-20(31)13-17)26-27-21(32)14-33-23-29-28-22(16-9-11-25-12-10-16)30(23)19-7-5-18(24)6-8-19/h2-13,31H,14H2,1H3,(H,27,32)/b26-15+. The Morgan fingerprint density at radius 3 is 2.61 bits per heavy atom. The maximum atomic E-state index is 12.4. The summed E-state index contributed by atoms with van der Waals surface area (Å²) in [7, 11) is 0. The lowest BCUT2D eigenvalue weighted by atomic mass is 10.1. The first-order valence-electron chi connectivity index (χ1n) is 9.88. The van der Waals surface area contributed by atoms with Crippen molar-refractivity contribution >= 4 is 35.0 Å². The molecule has 0 unspecified atom stereocenters. The number of benzene rings is 2. The van der Waals surface area contributed by atoms with E-state index in [1.807, 2.05) is 28.8 Å². The Morgan fingerprint density at radius 2 is 1.88 bits per heavy atom. The second-order valence-electron chi connectivity index (χ2n) is 6.93. The molecule has 4 aromatic rings. The van der Waals surface area contributed by atoms with Crippen LogP contribution in [0.3, 0.4) is 0 Å². The van der Waals surface area contributed by atoms with Crippen LogP contribution in [-0.4, -0.2) is 42.2 Å². The lowest BCUT2D eigenvalue weighted by Crippen LogP contribution is -2.21. The number of halogens is 1. The van der Waals surface area contributed by atoms with Crippen LogP contribution in [0.1, 0.15) is 12.5 Å². The molecule has 0 aliphatic carbocycles. The van der Waals surface area contributed by atoms with Crippen LogP contribution in [0.25, 0.3) is 17.1 Å². The van der Waals surface area contributed by atoms with Crippen LogP contribution in [0.15, 0.2) is 83.3 Å². The molecule has 0 fully saturated rings. The average molecular weight is 479 g/mol. The van der Waals surface area contributed by atoms with Gasteiger partial charge in [-0.2, -0.15) is 5.10 Å². The highest BCUT2D eigenvalue weighted by atomic mass is 35.5. The van der Waals surface area contributed by atoms with Gasteiger partial charge in [-0.1, -0.05) is 35.5 Å². The first kappa shape index (κ1) is 22.5. The molecule has 0 saturated heterocycles. The second kappa shape index (κ2) is 10.3. The minimum absolute atomic E-state index is 0.0822. The molecule has 2 aromatic carbocycles. The second-order valence-corrected chi connectivity index (χ2v) is 8.30. The molecule has 0 aliphatic rings. The van der Waals surface area contributed by atoms with Crippen molar-refractivity contribution in [3.8, 4) is 22.8 Å². The molecular weight excluding hydrogens is 460 g/mol. The summed E-state index contributed by atoms with van der Waals surface area (Å²) in [5, 5.41) is 23.5. The topological polar surface area (TPSA) is 105 Å². The normalized spacial score (nSPS) is 11.4. The van der Waals surface area contributed by atoms with Crippen molar-refractivity contribution in [3.63, 3.8) is 0 Å². The summed E-state index contributed by atoms with van der Waals surface area (Å²) in [6.45, 7) is 1.75. The number of nitrogens with zero attached hydrogens (tertiary/aromatic N) is 5. The van der Waals surface area contributed by atoms with Crippen LogP contribution in [0, 0.1) is 0 Å². The molecular formula is C23H19ClN6O2S. The predicted molar refractivity (Wildman–Crippen MR) is 129 cm³/mol. The molecule has 0 aliphatic heterocycles. The third-order valence-corrected chi connectivity index (χ3v) is 5.78. The number of carbonyl (C=O) groups is 1. The highest BCUT2D eigenvalue weighted by Gasteiger charge is 2.17. The van der Waals surface area contributed by atoms with Gasteiger partial charge in [0.05, 0.1) is 11.5 Å². The molecule has 0 spiro atoms. The van der Waals surface area contributed by atoms with Crippen LogP contribution in [-0.2, 0) is 4.79 Å². The number of hydrogen-bond donors (Lipinski definition) is 2. The number of nitrogens with one attached hydrogen (secondary N) is 1. The summed E-state index contributed by atoms with van der Waals surface area (Å²) >= 11 is 7.29. The lowest BCUT2D eigenvalue weighted by molar-refractivity contribution is -0.118. The molecule has 0 saturated carbocycles. The number of amides is 1. The van der Waals surface area contributed by atoms with E-state index in [1.165, 1.54) is 11.8 Å². The lowest BCUT2D eigenvalue weighted by Gasteiger charge is -2.10. The third-order valence-electron chi connectivity index (χ3n) is 4.60. The highest BCUT2D eigenvalue weighted by molar-refractivity contribution is 7.99. The van der Waals surface area contributed by atoms with E-state index in [9.17, 15) is 9.90 Å². The number of aromatic hydroxyl groups is 1. The summed E-state index contributed by atoms with van der Waals surface area (Å²) in [4.78, 5) is 16.5. The SMILES string of the molecule is C/C(=N\NC(=O)CSc1nnc(-c2ccncc2)n1-c1ccc(Cl)cc1)c1cccc(O)c1. The number of hydrogen-bond acceptors (Lipinski definition) is 7. The summed E-state index contributed by atoms with van der Waals surface area (Å²) in [6, 6.07) is 17.7. The van der Waals surface area contributed by atoms with Gasteiger partial charge in [-0.15, -0.1) is 10.2 Å². The van der Waals surface area contributed by atoms with Gasteiger partial charge in [0.15, 0.2) is 11.0 Å². The van der Waals surface area contributed by atoms with Crippen molar-refractivity contribution in [2.75, 3.05) is 5.75 Å². The molecule has 8 nitrogen and oxygen atoms in total. The summed E-state index contributed by atoms with van der Waals surface area (Å²) in [5.41, 5.74) is 5.49. The van der Waals surface area contributed by atoms with Crippen LogP contribution in [0.4, 0.5) is 0 Å². The van der Waals surface area contributed by atoms with Gasteiger partial charge in [-0.25, -0.2) is 5.43 Å². The maximum Gasteiger partial charge on any atom is 0.250 e. The van der Waals surface area contributed by atoms with Crippen LogP contribution < -0.4 is 5.43 Å². The van der Waals surface area contributed by atoms with Crippen LogP contribution in [0.2, 0.25) is 5.02 Å². The van der Waals surface area contributed by atoms with Crippen molar-refractivity contribution in [2.24, 2.45) is 5.10 Å². The van der Waals surface area contributed by atoms with Crippen LogP contribution in [0.5, 0.6) is 5.75 Å². The Kier molecular flexibility index (Phi) is 7.01. The molecule has 1 amide bonds. The highest BCUT2D eigenvalue weighted by Crippen LogP contribution is 2.28. The van der Waals surface area contributed by atoms with Gasteiger partial charge >= 0.3 is 0 Å². The predicted octanol–water partition coefficient (Wildman–Crippen LogP) is 4.32. The smallest absolute Gasteiger partial charge is 0.250 e. The van der Waals surface area contributed by atoms with E-state index in [0.717, 1.165) is 11.3 Å². The molecule has 0 radical (unpaired) electrons. The zero-order valence-corrected chi connectivity index (χ0v) is 19.1. The van der Waals surface area contributed by atoms with Gasteiger partial charge in [-0.05, 0) is 55.5 Å². The van der Waals surface area contributed by atoms with Gasteiger partial charge in [0, 0.05) is 34.2 Å². The number of carbonyl (C=O) groups excluding carboxylic acids is 1. The minimum Gasteiger partial charge on any atom is -0.508 e. The maximum absolute atomic E-state index is 12.4. The van der Waals surface area contributed by atoms with Crippen molar-refractivity contribution in [1.29, 1.82) is 0 Å². The fourth-order valence-corrected chi connectivity index (χ4v) is 3.85. The number of pyridine rings is 1. The van der Waals surface area contributed by atoms with Gasteiger partial charge in [0.25, 0.3) is 5.91 Å². The number of hydrazone groups is 1. The first-order valence-corrected chi connectivity index (χ1v) is 11.2. The monoisotopic (exact) mass is 478 g/mol. The molecule has 2 aromatic heterocycles. The Morgan fingerprint density at radius 1 is 1.12 bits per heavy atom. The fourth-order valence-electron chi connectivity index (χ4n) is 2.98. The van der Waals surface area contributed by atoms with E-state index in [2.05, 4.69) is 25.7 Å². The van der Waals surface area contributed by atoms with E-state index in [0.29, 0.717) is 27.3 Å². The summed E-state index contributed by atoms with van der Waals surface area (Å²) < 4.78 is 1.87. The Bertz CT molecular complexity index is 1290. The van der Waals surface area contributed by atoms with Crippen molar-refractivity contribution < 1.29 is 9.90 Å². The molecule has 2 N–H and O–H groups in total. The fraction of sp³-hybridized carbons (Fsp3) is 0.0870. The summed E-state index contributed by atoms with van der Waals surface area (Å²) in [5.74, 6) is 0.547. The Hall–Kier alpha value is -3.69. The zero-order chi connectivity index (χ0) is 23.2. The number of phenolic OH excluding ortho intramolecular Hbond substituents is 1. The molecule has 0 atom stereocenters. The van der Waals surface area contributed by atoms with E-state index in [4.69, 9.17) is 11.6 Å². The van der Waals surface area contributed by atoms with E-state index in [-0.39, 0.29) is 17.4 Å². The minimum atomic E-state index is -0.296. The van der Waals surface area contributed by atoms with Gasteiger partial charge in [0.2, 0.25) is 0 Å². The third kappa shape index (κ3) is 5.57. The van der Waals surface area contributed by atoms with Crippen LogP contribution >= 0.6 is 23.4 Å².